The van der Waals surface area contributed by atoms with Gasteiger partial charge in [0.05, 0.1) is 23.6 Å². The molecule has 0 aliphatic carbocycles. The number of hydrogen-bond donors (Lipinski definition) is 1. The highest BCUT2D eigenvalue weighted by Gasteiger charge is 2.40. The van der Waals surface area contributed by atoms with Gasteiger partial charge in [-0.05, 0) is 58.2 Å². The van der Waals surface area contributed by atoms with Crippen molar-refractivity contribution in [2.75, 3.05) is 13.2 Å². The molecule has 2 aromatic carbocycles. The number of likely N-dealkylation sites (tertiary alicyclic amines) is 1. The van der Waals surface area contributed by atoms with Crippen LogP contribution in [0, 0.1) is 6.92 Å². The molecule has 1 saturated heterocycles. The lowest BCUT2D eigenvalue weighted by Gasteiger charge is -2.30. The highest BCUT2D eigenvalue weighted by atomic mass is 32.2. The van der Waals surface area contributed by atoms with Gasteiger partial charge in [0.2, 0.25) is 0 Å². The number of benzene rings is 2. The smallest absolute Gasteiger partial charge is 0.410 e. The fraction of sp³-hybridized carbons (Fsp3) is 0.462. The van der Waals surface area contributed by atoms with Gasteiger partial charge in [0.1, 0.15) is 12.2 Å². The molecule has 0 radical (unpaired) electrons. The van der Waals surface area contributed by atoms with E-state index in [0.717, 1.165) is 11.1 Å². The van der Waals surface area contributed by atoms with Crippen LogP contribution in [0.3, 0.4) is 0 Å². The predicted octanol–water partition coefficient (Wildman–Crippen LogP) is 4.39. The summed E-state index contributed by atoms with van der Waals surface area (Å²) in [5.74, 6) is 0. The normalized spacial score (nSPS) is 18.1. The molecule has 36 heavy (non-hydrogen) atoms. The SMILES string of the molecule is Cc1ccc(S(=O)(=O)OCC[C@@H]2[C@@H](NC(=O)OCc3ccccc3)CCN2C(=O)OC(C)(C)C)cc1. The standard InChI is InChI=1S/C26H34N2O7S/c1-19-10-12-21(13-11-19)36(31,32)34-17-15-23-22(14-16-28(23)25(30)35-26(2,3)4)27-24(29)33-18-20-8-6-5-7-9-20/h5-13,22-23H,14-18H2,1-4H3,(H,27,29)/t22-,23+/m0/s1. The molecular weight excluding hydrogens is 484 g/mol. The monoisotopic (exact) mass is 518 g/mol. The van der Waals surface area contributed by atoms with Gasteiger partial charge in [0, 0.05) is 6.54 Å². The van der Waals surface area contributed by atoms with Crippen molar-refractivity contribution in [3.63, 3.8) is 0 Å². The zero-order chi connectivity index (χ0) is 26.3. The second-order valence-electron chi connectivity index (χ2n) is 9.72. The first kappa shape index (κ1) is 27.5. The van der Waals surface area contributed by atoms with Crippen LogP contribution in [-0.2, 0) is 30.4 Å². The van der Waals surface area contributed by atoms with Crippen LogP contribution in [0.5, 0.6) is 0 Å². The first-order valence-electron chi connectivity index (χ1n) is 11.9. The summed E-state index contributed by atoms with van der Waals surface area (Å²) in [5, 5.41) is 2.82. The summed E-state index contributed by atoms with van der Waals surface area (Å²) in [7, 11) is -3.96. The van der Waals surface area contributed by atoms with Gasteiger partial charge >= 0.3 is 12.2 Å². The Morgan fingerprint density at radius 3 is 2.36 bits per heavy atom. The van der Waals surface area contributed by atoms with E-state index in [0.29, 0.717) is 13.0 Å². The second-order valence-corrected chi connectivity index (χ2v) is 11.3. The van der Waals surface area contributed by atoms with E-state index in [-0.39, 0.29) is 24.5 Å². The Labute approximate surface area is 212 Å². The Morgan fingerprint density at radius 1 is 1.06 bits per heavy atom. The number of ether oxygens (including phenoxy) is 2. The van der Waals surface area contributed by atoms with Crippen LogP contribution in [-0.4, -0.2) is 56.3 Å². The maximum Gasteiger partial charge on any atom is 0.410 e. The first-order chi connectivity index (χ1) is 16.9. The molecule has 1 aliphatic rings. The fourth-order valence-electron chi connectivity index (χ4n) is 3.89. The molecule has 10 heteroatoms. The number of aryl methyl sites for hydroxylation is 1. The molecule has 0 saturated carbocycles. The first-order valence-corrected chi connectivity index (χ1v) is 13.3. The van der Waals surface area contributed by atoms with Crippen molar-refractivity contribution < 1.29 is 31.7 Å². The third kappa shape index (κ3) is 7.96. The molecule has 9 nitrogen and oxygen atoms in total. The lowest BCUT2D eigenvalue weighted by atomic mass is 10.1. The van der Waals surface area contributed by atoms with Crippen LogP contribution in [0.4, 0.5) is 9.59 Å². The van der Waals surface area contributed by atoms with Crippen LogP contribution >= 0.6 is 0 Å². The quantitative estimate of drug-likeness (QED) is 0.516. The summed E-state index contributed by atoms with van der Waals surface area (Å²) in [6.45, 7) is 7.45. The van der Waals surface area contributed by atoms with Crippen LogP contribution in [0.25, 0.3) is 0 Å². The molecule has 0 unspecified atom stereocenters. The zero-order valence-electron chi connectivity index (χ0n) is 21.1. The number of carbonyl (C=O) groups is 2. The molecule has 2 atom stereocenters. The van der Waals surface area contributed by atoms with Crippen molar-refractivity contribution in [3.05, 3.63) is 65.7 Å². The average Bonchev–Trinajstić information content (AvgIpc) is 3.20. The minimum absolute atomic E-state index is 0.0580. The number of alkyl carbamates (subject to hydrolysis) is 1. The summed E-state index contributed by atoms with van der Waals surface area (Å²) in [6, 6.07) is 14.7. The molecule has 2 amide bonds. The lowest BCUT2D eigenvalue weighted by molar-refractivity contribution is 0.0197. The minimum atomic E-state index is -3.96. The van der Waals surface area contributed by atoms with Crippen molar-refractivity contribution in [2.24, 2.45) is 0 Å². The van der Waals surface area contributed by atoms with Crippen molar-refractivity contribution >= 4 is 22.3 Å². The largest absolute Gasteiger partial charge is 0.445 e. The maximum absolute atomic E-state index is 12.8. The molecule has 1 aliphatic heterocycles. The number of nitrogens with zero attached hydrogens (tertiary/aromatic N) is 1. The number of rotatable bonds is 8. The van der Waals surface area contributed by atoms with E-state index in [1.807, 2.05) is 37.3 Å². The molecule has 196 valence electrons. The Kier molecular flexibility index (Phi) is 8.97. The number of hydrogen-bond acceptors (Lipinski definition) is 7. The van der Waals surface area contributed by atoms with E-state index < -0.39 is 40.0 Å². The molecule has 2 aromatic rings. The fourth-order valence-corrected chi connectivity index (χ4v) is 4.82. The highest BCUT2D eigenvalue weighted by molar-refractivity contribution is 7.86. The number of amides is 2. The summed E-state index contributed by atoms with van der Waals surface area (Å²) in [6.07, 6.45) is -0.507. The van der Waals surface area contributed by atoms with E-state index in [2.05, 4.69) is 5.32 Å². The van der Waals surface area contributed by atoms with Crippen LogP contribution < -0.4 is 5.32 Å². The van der Waals surface area contributed by atoms with Crippen LogP contribution in [0.1, 0.15) is 44.7 Å². The topological polar surface area (TPSA) is 111 Å². The molecule has 1 fully saturated rings. The predicted molar refractivity (Wildman–Crippen MR) is 134 cm³/mol. The van der Waals surface area contributed by atoms with Gasteiger partial charge in [-0.2, -0.15) is 8.42 Å². The third-order valence-corrected chi connectivity index (χ3v) is 6.98. The average molecular weight is 519 g/mol. The minimum Gasteiger partial charge on any atom is -0.445 e. The number of carbonyl (C=O) groups excluding carboxylic acids is 2. The molecule has 1 N–H and O–H groups in total. The van der Waals surface area contributed by atoms with E-state index in [9.17, 15) is 18.0 Å². The van der Waals surface area contributed by atoms with Gasteiger partial charge in [0.15, 0.2) is 0 Å². The van der Waals surface area contributed by atoms with Gasteiger partial charge in [-0.3, -0.25) is 4.18 Å². The van der Waals surface area contributed by atoms with E-state index in [1.54, 1.807) is 32.9 Å². The highest BCUT2D eigenvalue weighted by Crippen LogP contribution is 2.25. The molecular formula is C26H34N2O7S. The van der Waals surface area contributed by atoms with Gasteiger partial charge in [-0.1, -0.05) is 48.0 Å². The van der Waals surface area contributed by atoms with Gasteiger partial charge in [-0.15, -0.1) is 0 Å². The Hall–Kier alpha value is -3.11. The molecule has 1 heterocycles. The van der Waals surface area contributed by atoms with Gasteiger partial charge in [-0.25, -0.2) is 9.59 Å². The maximum atomic E-state index is 12.8. The molecule has 3 rings (SSSR count). The summed E-state index contributed by atoms with van der Waals surface area (Å²) in [5.41, 5.74) is 1.08. The Balaban J connectivity index is 1.65. The van der Waals surface area contributed by atoms with Gasteiger partial charge < -0.3 is 19.7 Å². The van der Waals surface area contributed by atoms with Crippen molar-refractivity contribution in [3.8, 4) is 0 Å². The van der Waals surface area contributed by atoms with E-state index in [4.69, 9.17) is 13.7 Å². The summed E-state index contributed by atoms with van der Waals surface area (Å²) >= 11 is 0. The summed E-state index contributed by atoms with van der Waals surface area (Å²) in [4.78, 5) is 26.9. The zero-order valence-corrected chi connectivity index (χ0v) is 21.9. The lowest BCUT2D eigenvalue weighted by Crippen LogP contribution is -2.48. The Bertz CT molecular complexity index is 1130. The second kappa shape index (κ2) is 11.7. The Morgan fingerprint density at radius 2 is 1.72 bits per heavy atom. The van der Waals surface area contributed by atoms with Crippen molar-refractivity contribution in [2.45, 2.75) is 69.7 Å². The molecule has 0 spiro atoms. The number of nitrogens with one attached hydrogen (secondary N) is 1. The van der Waals surface area contributed by atoms with Crippen LogP contribution in [0.15, 0.2) is 59.5 Å². The van der Waals surface area contributed by atoms with Crippen LogP contribution in [0.2, 0.25) is 0 Å². The van der Waals surface area contributed by atoms with Crippen molar-refractivity contribution in [1.82, 2.24) is 10.2 Å². The summed E-state index contributed by atoms with van der Waals surface area (Å²) < 4.78 is 41.3. The third-order valence-electron chi connectivity index (χ3n) is 5.65. The van der Waals surface area contributed by atoms with Gasteiger partial charge in [0.25, 0.3) is 10.1 Å². The molecule has 0 bridgehead atoms. The van der Waals surface area contributed by atoms with E-state index in [1.165, 1.54) is 17.0 Å². The van der Waals surface area contributed by atoms with E-state index >= 15 is 0 Å². The van der Waals surface area contributed by atoms with Crippen molar-refractivity contribution in [1.29, 1.82) is 0 Å². The molecule has 0 aromatic heterocycles.